The molecule has 3 saturated heterocycles. The summed E-state index contributed by atoms with van der Waals surface area (Å²) in [6.07, 6.45) is -18.1. The lowest BCUT2D eigenvalue weighted by Crippen LogP contribution is -2.68. The van der Waals surface area contributed by atoms with Crippen LogP contribution in [0.3, 0.4) is 0 Å². The fraction of sp³-hybridized carbons (Fsp3) is 0.917. The Labute approximate surface area is 396 Å². The van der Waals surface area contributed by atoms with Crippen LogP contribution in [0.4, 0.5) is 0 Å². The van der Waals surface area contributed by atoms with Crippen molar-refractivity contribution < 1.29 is 99.3 Å². The molecule has 388 valence electrons. The van der Waals surface area contributed by atoms with Crippen molar-refractivity contribution in [3.05, 3.63) is 11.6 Å². The van der Waals surface area contributed by atoms with Gasteiger partial charge in [-0.25, -0.2) is 4.79 Å². The zero-order valence-corrected chi connectivity index (χ0v) is 39.9. The molecule has 24 unspecified atom stereocenters. The van der Waals surface area contributed by atoms with E-state index in [0.29, 0.717) is 51.4 Å². The minimum Gasteiger partial charge on any atom is -0.479 e. The summed E-state index contributed by atoms with van der Waals surface area (Å²) in [4.78, 5) is 27.1. The van der Waals surface area contributed by atoms with E-state index in [0.717, 1.165) is 12.8 Å². The van der Waals surface area contributed by atoms with Gasteiger partial charge in [-0.2, -0.15) is 0 Å². The molecular weight excluding hydrogens is 897 g/mol. The Morgan fingerprint density at radius 1 is 0.647 bits per heavy atom. The highest BCUT2D eigenvalue weighted by atomic mass is 16.7. The number of hydrogen-bond acceptors (Lipinski definition) is 19. The number of esters is 1. The Balaban J connectivity index is 1.04. The van der Waals surface area contributed by atoms with Gasteiger partial charge in [-0.3, -0.25) is 4.79 Å². The van der Waals surface area contributed by atoms with Crippen LogP contribution in [0.5, 0.6) is 0 Å². The summed E-state index contributed by atoms with van der Waals surface area (Å²) in [5.41, 5.74) is -1.79. The van der Waals surface area contributed by atoms with Gasteiger partial charge in [-0.1, -0.05) is 53.2 Å². The summed E-state index contributed by atoms with van der Waals surface area (Å²) in [7, 11) is 0. The van der Waals surface area contributed by atoms with Crippen LogP contribution < -0.4 is 0 Å². The molecule has 8 aliphatic rings. The van der Waals surface area contributed by atoms with Gasteiger partial charge in [0, 0.05) is 5.41 Å². The highest BCUT2D eigenvalue weighted by Crippen LogP contribution is 2.76. The minimum absolute atomic E-state index is 0.107. The molecule has 12 N–H and O–H groups in total. The number of hydrogen-bond donors (Lipinski definition) is 12. The Bertz CT molecular complexity index is 1900. The summed E-state index contributed by atoms with van der Waals surface area (Å²) in [6.45, 7) is 11.5. The van der Waals surface area contributed by atoms with Crippen LogP contribution in [0.15, 0.2) is 11.6 Å². The number of aliphatic hydroxyl groups excluding tert-OH is 11. The van der Waals surface area contributed by atoms with Gasteiger partial charge in [0.05, 0.1) is 31.3 Å². The highest BCUT2D eigenvalue weighted by molar-refractivity contribution is 5.79. The smallest absolute Gasteiger partial charge is 0.335 e. The molecule has 0 aromatic rings. The van der Waals surface area contributed by atoms with Crippen molar-refractivity contribution in [1.82, 2.24) is 0 Å². The quantitative estimate of drug-likeness (QED) is 0.0725. The number of rotatable bonds is 10. The van der Waals surface area contributed by atoms with Gasteiger partial charge in [-0.05, 0) is 104 Å². The summed E-state index contributed by atoms with van der Waals surface area (Å²) in [6, 6.07) is 0. The number of carbonyl (C=O) groups excluding carboxylic acids is 1. The molecule has 0 spiro atoms. The lowest BCUT2D eigenvalue weighted by molar-refractivity contribution is -0.366. The number of aliphatic hydroxyl groups is 11. The van der Waals surface area contributed by atoms with E-state index in [1.165, 1.54) is 5.57 Å². The third-order valence-corrected chi connectivity index (χ3v) is 19.4. The van der Waals surface area contributed by atoms with Gasteiger partial charge in [0.2, 0.25) is 6.29 Å². The molecule has 68 heavy (non-hydrogen) atoms. The van der Waals surface area contributed by atoms with Crippen molar-refractivity contribution in [2.24, 2.45) is 50.2 Å². The maximum atomic E-state index is 14.7. The van der Waals surface area contributed by atoms with Crippen molar-refractivity contribution in [2.75, 3.05) is 19.8 Å². The van der Waals surface area contributed by atoms with Gasteiger partial charge in [0.15, 0.2) is 18.7 Å². The second kappa shape index (κ2) is 18.5. The molecule has 20 heteroatoms. The molecule has 0 aromatic carbocycles. The predicted molar refractivity (Wildman–Crippen MR) is 232 cm³/mol. The monoisotopic (exact) mass is 972 g/mol. The van der Waals surface area contributed by atoms with E-state index in [1.54, 1.807) is 0 Å². The summed E-state index contributed by atoms with van der Waals surface area (Å²) in [5, 5.41) is 127. The van der Waals surface area contributed by atoms with Gasteiger partial charge >= 0.3 is 11.9 Å². The van der Waals surface area contributed by atoms with E-state index in [2.05, 4.69) is 40.7 Å². The number of carboxylic acids is 1. The molecule has 5 aliphatic carbocycles. The first-order chi connectivity index (χ1) is 31.8. The van der Waals surface area contributed by atoms with Crippen LogP contribution in [0.2, 0.25) is 0 Å². The zero-order chi connectivity index (χ0) is 49.8. The molecule has 0 amide bonds. The number of fused-ring (bicyclic) bond motifs is 7. The molecule has 7 fully saturated rings. The topological polar surface area (TPSA) is 332 Å². The number of allylic oxidation sites excluding steroid dienone is 2. The number of carboxylic acid groups (broad SMARTS) is 1. The molecular formula is C48H76O20. The molecule has 8 rings (SSSR count). The maximum Gasteiger partial charge on any atom is 0.335 e. The minimum atomic E-state index is -2.02. The van der Waals surface area contributed by atoms with E-state index >= 15 is 0 Å². The van der Waals surface area contributed by atoms with E-state index in [9.17, 15) is 70.9 Å². The maximum absolute atomic E-state index is 14.7. The van der Waals surface area contributed by atoms with Crippen molar-refractivity contribution in [3.63, 3.8) is 0 Å². The van der Waals surface area contributed by atoms with Gasteiger partial charge in [0.1, 0.15) is 67.1 Å². The predicted octanol–water partition coefficient (Wildman–Crippen LogP) is -0.795. The standard InChI is InChI=1S/C48H76O20/c1-43(2)13-15-48(42(62)68-40-33(57)31(55)29(53)24(19-50)64-40)16-14-46(5)21(22(48)17-43)7-8-26-44(3)11-10-27(45(4,20-51)25(44)9-12-47(26,46)6)65-41-35(59)36(34(58)37(67-41)38(60)61)66-39-32(56)30(54)28(52)23(18-49)63-39/h7,22-37,39-41,49-59H,8-20H2,1-6H3,(H,60,61). The second-order valence-electron chi connectivity index (χ2n) is 23.3. The Hall–Kier alpha value is -1.96. The van der Waals surface area contributed by atoms with E-state index < -0.39 is 134 Å². The third kappa shape index (κ3) is 8.03. The Morgan fingerprint density at radius 3 is 1.84 bits per heavy atom. The number of carbonyl (C=O) groups is 2. The van der Waals surface area contributed by atoms with Crippen LogP contribution >= 0.6 is 0 Å². The van der Waals surface area contributed by atoms with E-state index in [-0.39, 0.29) is 46.0 Å². The van der Waals surface area contributed by atoms with E-state index in [1.807, 2.05) is 6.92 Å². The summed E-state index contributed by atoms with van der Waals surface area (Å²) in [5.74, 6) is -2.37. The van der Waals surface area contributed by atoms with Crippen molar-refractivity contribution >= 4 is 11.9 Å². The average Bonchev–Trinajstić information content (AvgIpc) is 3.29. The van der Waals surface area contributed by atoms with Crippen LogP contribution in [0.1, 0.15) is 106 Å². The first-order valence-electron chi connectivity index (χ1n) is 24.5. The molecule has 24 atom stereocenters. The average molecular weight is 973 g/mol. The molecule has 4 saturated carbocycles. The lowest BCUT2D eigenvalue weighted by Gasteiger charge is -2.71. The summed E-state index contributed by atoms with van der Waals surface area (Å²) >= 11 is 0. The SMILES string of the molecule is CC1(C)CCC2(C(=O)OC3OC(CO)C(O)C(O)C3O)CCC3(C)C(=CCC4C5(C)CCC(OC6OC(C(=O)O)C(O)C(OC7OC(CO)C(O)C(O)C7O)C6O)C(C)(CO)C5CCC43C)C2C1. The molecule has 0 radical (unpaired) electrons. The highest BCUT2D eigenvalue weighted by Gasteiger charge is 2.71. The lowest BCUT2D eigenvalue weighted by atomic mass is 9.33. The molecule has 0 aromatic heterocycles. The fourth-order valence-electron chi connectivity index (χ4n) is 15.0. The van der Waals surface area contributed by atoms with Gasteiger partial charge in [-0.15, -0.1) is 0 Å². The molecule has 20 nitrogen and oxygen atoms in total. The first kappa shape index (κ1) is 52.4. The Morgan fingerprint density at radius 2 is 1.24 bits per heavy atom. The van der Waals surface area contributed by atoms with Crippen LogP contribution in [0, 0.1) is 50.2 Å². The normalized spacial score (nSPS) is 53.4. The Kier molecular flexibility index (Phi) is 14.3. The van der Waals surface area contributed by atoms with Gasteiger partial charge in [0.25, 0.3) is 0 Å². The van der Waals surface area contributed by atoms with Gasteiger partial charge < -0.3 is 89.7 Å². The third-order valence-electron chi connectivity index (χ3n) is 19.4. The molecule has 3 heterocycles. The van der Waals surface area contributed by atoms with Crippen LogP contribution in [-0.2, 0) is 38.0 Å². The fourth-order valence-corrected chi connectivity index (χ4v) is 15.0. The van der Waals surface area contributed by atoms with E-state index in [4.69, 9.17) is 28.4 Å². The van der Waals surface area contributed by atoms with Crippen molar-refractivity contribution in [1.29, 1.82) is 0 Å². The molecule has 0 bridgehead atoms. The van der Waals surface area contributed by atoms with Crippen molar-refractivity contribution in [2.45, 2.75) is 204 Å². The van der Waals surface area contributed by atoms with Crippen LogP contribution in [-0.4, -0.2) is 191 Å². The van der Waals surface area contributed by atoms with Crippen LogP contribution in [0.25, 0.3) is 0 Å². The summed E-state index contributed by atoms with van der Waals surface area (Å²) < 4.78 is 35.0. The first-order valence-corrected chi connectivity index (χ1v) is 24.5. The van der Waals surface area contributed by atoms with Crippen molar-refractivity contribution in [3.8, 4) is 0 Å². The number of ether oxygens (including phenoxy) is 6. The largest absolute Gasteiger partial charge is 0.479 e. The number of aliphatic carboxylic acids is 1. The molecule has 3 aliphatic heterocycles. The second-order valence-corrected chi connectivity index (χ2v) is 23.3. The zero-order valence-electron chi connectivity index (χ0n) is 39.9.